The van der Waals surface area contributed by atoms with Gasteiger partial charge in [-0.15, -0.1) is 0 Å². The number of morpholine rings is 1. The van der Waals surface area contributed by atoms with E-state index >= 15 is 0 Å². The van der Waals surface area contributed by atoms with Gasteiger partial charge in [-0.2, -0.15) is 4.98 Å². The molecule has 0 aromatic carbocycles. The molecule has 2 aliphatic heterocycles. The Morgan fingerprint density at radius 3 is 2.78 bits per heavy atom. The maximum atomic E-state index is 12.6. The molecule has 0 spiro atoms. The number of aromatic nitrogens is 2. The van der Waals surface area contributed by atoms with Gasteiger partial charge in [-0.05, 0) is 19.4 Å². The zero-order chi connectivity index (χ0) is 16.2. The first-order valence-electron chi connectivity index (χ1n) is 8.55. The zero-order valence-corrected chi connectivity index (χ0v) is 14.0. The number of carbonyl (C=O) groups excluding carboxylic acids is 1. The first-order valence-corrected chi connectivity index (χ1v) is 8.55. The van der Waals surface area contributed by atoms with Crippen LogP contribution in [0.5, 0.6) is 0 Å². The van der Waals surface area contributed by atoms with Crippen LogP contribution in [0.4, 0.5) is 0 Å². The van der Waals surface area contributed by atoms with Crippen LogP contribution >= 0.6 is 0 Å². The molecule has 1 amide bonds. The van der Waals surface area contributed by atoms with Crippen molar-refractivity contribution in [2.75, 3.05) is 39.4 Å². The van der Waals surface area contributed by atoms with Crippen molar-refractivity contribution in [1.29, 1.82) is 0 Å². The summed E-state index contributed by atoms with van der Waals surface area (Å²) in [7, 11) is 0. The van der Waals surface area contributed by atoms with Crippen LogP contribution in [0.3, 0.4) is 0 Å². The number of rotatable bonds is 4. The van der Waals surface area contributed by atoms with Crippen LogP contribution in [0.1, 0.15) is 44.3 Å². The predicted octanol–water partition coefficient (Wildman–Crippen LogP) is 1.26. The Bertz CT molecular complexity index is 525. The van der Waals surface area contributed by atoms with Crippen LogP contribution in [-0.4, -0.2) is 65.2 Å². The van der Waals surface area contributed by atoms with Gasteiger partial charge in [0, 0.05) is 25.6 Å². The molecule has 2 aliphatic rings. The minimum Gasteiger partial charge on any atom is -0.378 e. The summed E-state index contributed by atoms with van der Waals surface area (Å²) >= 11 is 0. The van der Waals surface area contributed by atoms with Gasteiger partial charge in [0.05, 0.1) is 25.7 Å². The van der Waals surface area contributed by atoms with Gasteiger partial charge in [-0.25, -0.2) is 0 Å². The highest BCUT2D eigenvalue weighted by molar-refractivity contribution is 5.79. The summed E-state index contributed by atoms with van der Waals surface area (Å²) in [5.74, 6) is 2.01. The van der Waals surface area contributed by atoms with E-state index in [1.165, 1.54) is 0 Å². The number of piperidine rings is 1. The van der Waals surface area contributed by atoms with Gasteiger partial charge in [0.25, 0.3) is 0 Å². The van der Waals surface area contributed by atoms with E-state index in [9.17, 15) is 4.79 Å². The second-order valence-electron chi connectivity index (χ2n) is 6.71. The minimum absolute atomic E-state index is 0.0781. The smallest absolute Gasteiger partial charge is 0.240 e. The predicted molar refractivity (Wildman–Crippen MR) is 83.8 cm³/mol. The standard InChI is InChI=1S/C16H26N4O3/c1-12(2)15-17-14(23-18-15)11-19-5-3-4-13(10-19)16(21)20-6-8-22-9-7-20/h12-13H,3-11H2,1-2H3. The molecule has 3 rings (SSSR count). The summed E-state index contributed by atoms with van der Waals surface area (Å²) < 4.78 is 10.7. The maximum absolute atomic E-state index is 12.6. The molecule has 7 heteroatoms. The van der Waals surface area contributed by atoms with Crippen LogP contribution in [0.2, 0.25) is 0 Å². The van der Waals surface area contributed by atoms with Crippen molar-refractivity contribution in [3.8, 4) is 0 Å². The van der Waals surface area contributed by atoms with Crippen molar-refractivity contribution in [2.24, 2.45) is 5.92 Å². The van der Waals surface area contributed by atoms with Gasteiger partial charge >= 0.3 is 0 Å². The molecule has 3 heterocycles. The lowest BCUT2D eigenvalue weighted by Crippen LogP contribution is -2.48. The lowest BCUT2D eigenvalue weighted by atomic mass is 9.96. The summed E-state index contributed by atoms with van der Waals surface area (Å²) in [6.07, 6.45) is 2.00. The highest BCUT2D eigenvalue weighted by Crippen LogP contribution is 2.21. The molecule has 128 valence electrons. The third kappa shape index (κ3) is 4.09. The lowest BCUT2D eigenvalue weighted by Gasteiger charge is -2.35. The maximum Gasteiger partial charge on any atom is 0.240 e. The molecule has 1 aromatic rings. The van der Waals surface area contributed by atoms with Crippen molar-refractivity contribution >= 4 is 5.91 Å². The number of ether oxygens (including phenoxy) is 1. The fraction of sp³-hybridized carbons (Fsp3) is 0.812. The molecular formula is C16H26N4O3. The molecule has 1 unspecified atom stereocenters. The lowest BCUT2D eigenvalue weighted by molar-refractivity contribution is -0.141. The second kappa shape index (κ2) is 7.40. The number of hydrogen-bond donors (Lipinski definition) is 0. The van der Waals surface area contributed by atoms with Crippen LogP contribution < -0.4 is 0 Å². The van der Waals surface area contributed by atoms with Crippen molar-refractivity contribution in [3.05, 3.63) is 11.7 Å². The Balaban J connectivity index is 1.55. The molecule has 23 heavy (non-hydrogen) atoms. The Morgan fingerprint density at radius 2 is 2.09 bits per heavy atom. The Morgan fingerprint density at radius 1 is 1.30 bits per heavy atom. The minimum atomic E-state index is 0.0781. The van der Waals surface area contributed by atoms with Gasteiger partial charge in [0.15, 0.2) is 5.82 Å². The van der Waals surface area contributed by atoms with Gasteiger partial charge in [0.1, 0.15) is 0 Å². The Hall–Kier alpha value is -1.47. The normalized spacial score (nSPS) is 23.4. The fourth-order valence-corrected chi connectivity index (χ4v) is 3.20. The average molecular weight is 322 g/mol. The summed E-state index contributed by atoms with van der Waals surface area (Å²) in [5.41, 5.74) is 0. The van der Waals surface area contributed by atoms with E-state index in [4.69, 9.17) is 9.26 Å². The Labute approximate surface area is 137 Å². The largest absolute Gasteiger partial charge is 0.378 e. The van der Waals surface area contributed by atoms with E-state index in [2.05, 4.69) is 15.0 Å². The fourth-order valence-electron chi connectivity index (χ4n) is 3.20. The molecular weight excluding hydrogens is 296 g/mol. The van der Waals surface area contributed by atoms with Crippen molar-refractivity contribution in [2.45, 2.75) is 39.2 Å². The molecule has 1 aromatic heterocycles. The average Bonchev–Trinajstić information content (AvgIpc) is 3.04. The highest BCUT2D eigenvalue weighted by Gasteiger charge is 2.30. The van der Waals surface area contributed by atoms with E-state index in [1.807, 2.05) is 18.7 Å². The van der Waals surface area contributed by atoms with Crippen LogP contribution in [0, 0.1) is 5.92 Å². The van der Waals surface area contributed by atoms with Crippen molar-refractivity contribution in [1.82, 2.24) is 19.9 Å². The molecule has 2 fully saturated rings. The zero-order valence-electron chi connectivity index (χ0n) is 14.0. The van der Waals surface area contributed by atoms with Crippen LogP contribution in [0.25, 0.3) is 0 Å². The van der Waals surface area contributed by atoms with E-state index in [0.29, 0.717) is 25.6 Å². The number of carbonyl (C=O) groups is 1. The first-order chi connectivity index (χ1) is 11.1. The molecule has 0 saturated carbocycles. The molecule has 0 radical (unpaired) electrons. The third-order valence-electron chi connectivity index (χ3n) is 4.54. The van der Waals surface area contributed by atoms with Gasteiger partial charge in [-0.1, -0.05) is 19.0 Å². The second-order valence-corrected chi connectivity index (χ2v) is 6.71. The monoisotopic (exact) mass is 322 g/mol. The number of likely N-dealkylation sites (tertiary alicyclic amines) is 1. The highest BCUT2D eigenvalue weighted by atomic mass is 16.5. The van der Waals surface area contributed by atoms with E-state index in [0.717, 1.165) is 44.8 Å². The number of amides is 1. The molecule has 2 saturated heterocycles. The van der Waals surface area contributed by atoms with Gasteiger partial charge in [0.2, 0.25) is 11.8 Å². The van der Waals surface area contributed by atoms with Crippen molar-refractivity contribution < 1.29 is 14.1 Å². The quantitative estimate of drug-likeness (QED) is 0.831. The molecule has 0 bridgehead atoms. The number of nitrogens with zero attached hydrogens (tertiary/aromatic N) is 4. The van der Waals surface area contributed by atoms with Gasteiger partial charge in [-0.3, -0.25) is 9.69 Å². The summed E-state index contributed by atoms with van der Waals surface area (Å²) in [4.78, 5) is 21.3. The SMILES string of the molecule is CC(C)c1noc(CN2CCCC(C(=O)N3CCOCC3)C2)n1. The van der Waals surface area contributed by atoms with E-state index in [-0.39, 0.29) is 17.7 Å². The third-order valence-corrected chi connectivity index (χ3v) is 4.54. The molecule has 7 nitrogen and oxygen atoms in total. The number of hydrogen-bond acceptors (Lipinski definition) is 6. The van der Waals surface area contributed by atoms with Crippen LogP contribution in [-0.2, 0) is 16.1 Å². The van der Waals surface area contributed by atoms with Crippen LogP contribution in [0.15, 0.2) is 4.52 Å². The molecule has 1 atom stereocenters. The summed E-state index contributed by atoms with van der Waals surface area (Å²) in [6.45, 7) is 9.23. The molecule has 0 aliphatic carbocycles. The summed E-state index contributed by atoms with van der Waals surface area (Å²) in [5, 5.41) is 4.01. The first kappa shape index (κ1) is 16.4. The van der Waals surface area contributed by atoms with E-state index < -0.39 is 0 Å². The molecule has 0 N–H and O–H groups in total. The van der Waals surface area contributed by atoms with Crippen molar-refractivity contribution in [3.63, 3.8) is 0 Å². The Kier molecular flexibility index (Phi) is 5.27. The van der Waals surface area contributed by atoms with Gasteiger partial charge < -0.3 is 14.2 Å². The topological polar surface area (TPSA) is 71.7 Å². The van der Waals surface area contributed by atoms with E-state index in [1.54, 1.807) is 0 Å². The summed E-state index contributed by atoms with van der Waals surface area (Å²) in [6, 6.07) is 0.